The summed E-state index contributed by atoms with van der Waals surface area (Å²) in [5.74, 6) is 0. The van der Waals surface area contributed by atoms with Crippen molar-refractivity contribution in [1.29, 1.82) is 0 Å². The van der Waals surface area contributed by atoms with Crippen LogP contribution < -0.4 is 4.90 Å². The summed E-state index contributed by atoms with van der Waals surface area (Å²) in [6.45, 7) is 0. The molecule has 7 aromatic rings. The van der Waals surface area contributed by atoms with E-state index in [4.69, 9.17) is 0 Å². The Morgan fingerprint density at radius 1 is 0.270 bits per heavy atom. The third-order valence-electron chi connectivity index (χ3n) is 7.21. The predicted octanol–water partition coefficient (Wildman–Crippen LogP) is 10.3. The smallest absolute Gasteiger partial charge is 0.0467 e. The van der Waals surface area contributed by atoms with Gasteiger partial charge in [0.15, 0.2) is 0 Å². The Kier molecular flexibility index (Phi) is 5.19. The first-order chi connectivity index (χ1) is 18.4. The van der Waals surface area contributed by atoms with E-state index >= 15 is 0 Å². The minimum absolute atomic E-state index is 1.14. The lowest BCUT2D eigenvalue weighted by Crippen LogP contribution is -2.09. The Morgan fingerprint density at radius 2 is 0.703 bits per heavy atom. The van der Waals surface area contributed by atoms with E-state index in [9.17, 15) is 0 Å². The SMILES string of the molecule is c1ccc(N(c2ccccc2)c2cccc(-c3ccc4c5ccccc5c5ccccc5c4c3)c2)cc1. The van der Waals surface area contributed by atoms with Crippen molar-refractivity contribution in [3.05, 3.63) is 152 Å². The summed E-state index contributed by atoms with van der Waals surface area (Å²) in [7, 11) is 0. The van der Waals surface area contributed by atoms with Crippen molar-refractivity contribution >= 4 is 49.4 Å². The minimum Gasteiger partial charge on any atom is -0.310 e. The zero-order chi connectivity index (χ0) is 24.6. The van der Waals surface area contributed by atoms with Crippen LogP contribution in [0.4, 0.5) is 17.1 Å². The zero-order valence-electron chi connectivity index (χ0n) is 20.4. The summed E-state index contributed by atoms with van der Waals surface area (Å²) < 4.78 is 0. The van der Waals surface area contributed by atoms with E-state index in [1.807, 2.05) is 0 Å². The lowest BCUT2D eigenvalue weighted by Gasteiger charge is -2.26. The molecule has 0 aliphatic carbocycles. The van der Waals surface area contributed by atoms with E-state index in [0.717, 1.165) is 17.1 Å². The van der Waals surface area contributed by atoms with Gasteiger partial charge in [0.25, 0.3) is 0 Å². The quantitative estimate of drug-likeness (QED) is 0.231. The van der Waals surface area contributed by atoms with Crippen LogP contribution in [0.25, 0.3) is 43.4 Å². The predicted molar refractivity (Wildman–Crippen MR) is 159 cm³/mol. The fourth-order valence-corrected chi connectivity index (χ4v) is 5.51. The van der Waals surface area contributed by atoms with Gasteiger partial charge >= 0.3 is 0 Å². The Hall–Kier alpha value is -4.88. The summed E-state index contributed by atoms with van der Waals surface area (Å²) in [4.78, 5) is 2.31. The van der Waals surface area contributed by atoms with Crippen molar-refractivity contribution in [2.45, 2.75) is 0 Å². The molecule has 0 atom stereocenters. The summed E-state index contributed by atoms with van der Waals surface area (Å²) in [6, 6.07) is 54.4. The highest BCUT2D eigenvalue weighted by molar-refractivity contribution is 6.25. The molecule has 1 heteroatoms. The fraction of sp³-hybridized carbons (Fsp3) is 0. The molecule has 0 aromatic heterocycles. The molecule has 0 saturated carbocycles. The molecule has 0 aliphatic heterocycles. The summed E-state index contributed by atoms with van der Waals surface area (Å²) in [6.07, 6.45) is 0. The molecule has 174 valence electrons. The van der Waals surface area contributed by atoms with E-state index in [1.54, 1.807) is 0 Å². The minimum atomic E-state index is 1.14. The molecule has 0 bridgehead atoms. The molecule has 37 heavy (non-hydrogen) atoms. The molecule has 0 N–H and O–H groups in total. The van der Waals surface area contributed by atoms with Gasteiger partial charge in [0.05, 0.1) is 0 Å². The molecule has 0 saturated heterocycles. The fourth-order valence-electron chi connectivity index (χ4n) is 5.51. The summed E-state index contributed by atoms with van der Waals surface area (Å²) in [5.41, 5.74) is 5.84. The maximum absolute atomic E-state index is 2.36. The highest BCUT2D eigenvalue weighted by atomic mass is 15.1. The van der Waals surface area contributed by atoms with Gasteiger partial charge in [-0.25, -0.2) is 0 Å². The van der Waals surface area contributed by atoms with Gasteiger partial charge in [-0.05, 0) is 85.9 Å². The lowest BCUT2D eigenvalue weighted by molar-refractivity contribution is 1.28. The van der Waals surface area contributed by atoms with E-state index < -0.39 is 0 Å². The zero-order valence-corrected chi connectivity index (χ0v) is 20.4. The average Bonchev–Trinajstić information content (AvgIpc) is 2.98. The van der Waals surface area contributed by atoms with E-state index in [1.165, 1.54) is 43.4 Å². The molecule has 0 radical (unpaired) electrons. The molecule has 0 unspecified atom stereocenters. The number of rotatable bonds is 4. The first kappa shape index (κ1) is 21.4. The molecule has 7 aromatic carbocycles. The number of hydrogen-bond donors (Lipinski definition) is 0. The Balaban J connectivity index is 1.42. The molecule has 0 heterocycles. The number of anilines is 3. The monoisotopic (exact) mass is 471 g/mol. The van der Waals surface area contributed by atoms with Crippen LogP contribution in [0.2, 0.25) is 0 Å². The van der Waals surface area contributed by atoms with E-state index in [0.29, 0.717) is 0 Å². The van der Waals surface area contributed by atoms with Crippen molar-refractivity contribution in [2.75, 3.05) is 4.90 Å². The number of para-hydroxylation sites is 2. The van der Waals surface area contributed by atoms with Gasteiger partial charge in [-0.15, -0.1) is 0 Å². The van der Waals surface area contributed by atoms with Crippen molar-refractivity contribution < 1.29 is 0 Å². The molecule has 0 fully saturated rings. The summed E-state index contributed by atoms with van der Waals surface area (Å²) >= 11 is 0. The van der Waals surface area contributed by atoms with Gasteiger partial charge in [0.1, 0.15) is 0 Å². The lowest BCUT2D eigenvalue weighted by atomic mass is 9.92. The van der Waals surface area contributed by atoms with E-state index in [-0.39, 0.29) is 0 Å². The van der Waals surface area contributed by atoms with Crippen LogP contribution >= 0.6 is 0 Å². The normalized spacial score (nSPS) is 11.2. The molecular formula is C36H25N. The van der Waals surface area contributed by atoms with Crippen LogP contribution in [0.1, 0.15) is 0 Å². The maximum atomic E-state index is 2.36. The van der Waals surface area contributed by atoms with Gasteiger partial charge < -0.3 is 4.90 Å². The van der Waals surface area contributed by atoms with Crippen molar-refractivity contribution in [3.8, 4) is 11.1 Å². The van der Waals surface area contributed by atoms with Gasteiger partial charge in [-0.3, -0.25) is 0 Å². The van der Waals surface area contributed by atoms with Crippen molar-refractivity contribution in [1.82, 2.24) is 0 Å². The maximum Gasteiger partial charge on any atom is 0.0467 e. The third kappa shape index (κ3) is 3.73. The van der Waals surface area contributed by atoms with Crippen LogP contribution in [0.15, 0.2) is 152 Å². The summed E-state index contributed by atoms with van der Waals surface area (Å²) in [5, 5.41) is 7.79. The van der Waals surface area contributed by atoms with Crippen LogP contribution in [0, 0.1) is 0 Å². The van der Waals surface area contributed by atoms with Crippen LogP contribution in [-0.4, -0.2) is 0 Å². The molecule has 0 spiro atoms. The second-order valence-corrected chi connectivity index (χ2v) is 9.41. The highest BCUT2D eigenvalue weighted by Gasteiger charge is 2.14. The Labute approximate surface area is 216 Å². The van der Waals surface area contributed by atoms with Crippen LogP contribution in [0.3, 0.4) is 0 Å². The largest absolute Gasteiger partial charge is 0.310 e. The van der Waals surface area contributed by atoms with Gasteiger partial charge in [-0.1, -0.05) is 109 Å². The topological polar surface area (TPSA) is 3.24 Å². The average molecular weight is 472 g/mol. The number of hydrogen-bond acceptors (Lipinski definition) is 1. The van der Waals surface area contributed by atoms with Gasteiger partial charge in [0.2, 0.25) is 0 Å². The van der Waals surface area contributed by atoms with Gasteiger partial charge in [0, 0.05) is 17.1 Å². The van der Waals surface area contributed by atoms with E-state index in [2.05, 4.69) is 157 Å². The van der Waals surface area contributed by atoms with Crippen LogP contribution in [0.5, 0.6) is 0 Å². The number of benzene rings is 7. The first-order valence-corrected chi connectivity index (χ1v) is 12.7. The van der Waals surface area contributed by atoms with Gasteiger partial charge in [-0.2, -0.15) is 0 Å². The Bertz CT molecular complexity index is 1800. The number of nitrogens with zero attached hydrogens (tertiary/aromatic N) is 1. The second-order valence-electron chi connectivity index (χ2n) is 9.41. The second kappa shape index (κ2) is 8.96. The number of fused-ring (bicyclic) bond motifs is 6. The standard InChI is InChI=1S/C36H25N/c1-3-13-28(14-4-1)37(29-15-5-2-6-16-29)30-17-11-12-26(24-30)27-22-23-35-33-20-8-7-18-31(33)32-19-9-10-21-34(32)36(35)25-27/h1-25H. The van der Waals surface area contributed by atoms with Crippen molar-refractivity contribution in [3.63, 3.8) is 0 Å². The highest BCUT2D eigenvalue weighted by Crippen LogP contribution is 2.39. The third-order valence-corrected chi connectivity index (χ3v) is 7.21. The molecular weight excluding hydrogens is 446 g/mol. The van der Waals surface area contributed by atoms with Crippen molar-refractivity contribution in [2.24, 2.45) is 0 Å². The molecule has 1 nitrogen and oxygen atoms in total. The molecule has 0 amide bonds. The first-order valence-electron chi connectivity index (χ1n) is 12.7. The Morgan fingerprint density at radius 3 is 1.27 bits per heavy atom. The molecule has 0 aliphatic rings. The van der Waals surface area contributed by atoms with Crippen LogP contribution in [-0.2, 0) is 0 Å². The molecule has 7 rings (SSSR count).